The van der Waals surface area contributed by atoms with Gasteiger partial charge in [0.1, 0.15) is 5.76 Å². The molecule has 90 valence electrons. The molecule has 1 heterocycles. The van der Waals surface area contributed by atoms with Crippen molar-refractivity contribution >= 4 is 11.8 Å². The zero-order valence-electron chi connectivity index (χ0n) is 10.1. The van der Waals surface area contributed by atoms with Crippen LogP contribution in [-0.2, 0) is 5.75 Å². The summed E-state index contributed by atoms with van der Waals surface area (Å²) in [5.74, 6) is 3.51. The largest absolute Gasteiger partial charge is 0.468 e. The molecule has 0 aromatic carbocycles. The third-order valence-electron chi connectivity index (χ3n) is 3.43. The van der Waals surface area contributed by atoms with Crippen LogP contribution in [-0.4, -0.2) is 11.3 Å². The lowest BCUT2D eigenvalue weighted by atomic mass is 9.80. The summed E-state index contributed by atoms with van der Waals surface area (Å²) in [6.45, 7) is 4.64. The highest BCUT2D eigenvalue weighted by molar-refractivity contribution is 7.99. The van der Waals surface area contributed by atoms with E-state index in [1.165, 1.54) is 12.8 Å². The van der Waals surface area contributed by atoms with E-state index in [1.807, 2.05) is 23.9 Å². The average molecular weight is 239 g/mol. The van der Waals surface area contributed by atoms with E-state index in [9.17, 15) is 0 Å². The first-order chi connectivity index (χ1) is 7.66. The predicted octanol–water partition coefficient (Wildman–Crippen LogP) is 3.27. The topological polar surface area (TPSA) is 39.2 Å². The van der Waals surface area contributed by atoms with Crippen LogP contribution >= 0.6 is 11.8 Å². The van der Waals surface area contributed by atoms with E-state index >= 15 is 0 Å². The predicted molar refractivity (Wildman–Crippen MR) is 69.3 cm³/mol. The molecule has 0 spiro atoms. The summed E-state index contributed by atoms with van der Waals surface area (Å²) >= 11 is 1.95. The summed E-state index contributed by atoms with van der Waals surface area (Å²) in [5, 5.41) is 0.585. The number of thioether (sulfide) groups is 1. The Balaban J connectivity index is 1.88. The molecule has 0 amide bonds. The molecule has 1 aliphatic carbocycles. The Morgan fingerprint density at radius 3 is 2.88 bits per heavy atom. The summed E-state index contributed by atoms with van der Waals surface area (Å²) in [5.41, 5.74) is 6.25. The number of hydrogen-bond donors (Lipinski definition) is 1. The Labute approximate surface area is 102 Å². The molecule has 0 aliphatic heterocycles. The van der Waals surface area contributed by atoms with Gasteiger partial charge in [0.2, 0.25) is 0 Å². The third kappa shape index (κ3) is 2.83. The van der Waals surface area contributed by atoms with Crippen LogP contribution in [0.25, 0.3) is 0 Å². The van der Waals surface area contributed by atoms with Crippen LogP contribution in [0.2, 0.25) is 0 Å². The molecule has 1 aliphatic rings. The van der Waals surface area contributed by atoms with Crippen LogP contribution in [0.4, 0.5) is 0 Å². The Hall–Kier alpha value is -0.410. The van der Waals surface area contributed by atoms with Gasteiger partial charge in [0.05, 0.1) is 12.0 Å². The zero-order valence-corrected chi connectivity index (χ0v) is 10.9. The van der Waals surface area contributed by atoms with Crippen molar-refractivity contribution in [2.45, 2.75) is 43.7 Å². The summed E-state index contributed by atoms with van der Waals surface area (Å²) in [6.07, 6.45) is 4.21. The van der Waals surface area contributed by atoms with Gasteiger partial charge in [0, 0.05) is 11.3 Å². The van der Waals surface area contributed by atoms with Gasteiger partial charge in [0.25, 0.3) is 0 Å². The molecule has 0 saturated heterocycles. The Morgan fingerprint density at radius 2 is 2.25 bits per heavy atom. The summed E-state index contributed by atoms with van der Waals surface area (Å²) in [4.78, 5) is 0. The van der Waals surface area contributed by atoms with E-state index in [1.54, 1.807) is 6.26 Å². The zero-order chi connectivity index (χ0) is 11.5. The van der Waals surface area contributed by atoms with Gasteiger partial charge in [-0.3, -0.25) is 0 Å². The van der Waals surface area contributed by atoms with Gasteiger partial charge in [0.15, 0.2) is 0 Å². The van der Waals surface area contributed by atoms with Gasteiger partial charge in [-0.05, 0) is 36.8 Å². The number of rotatable bonds is 3. The van der Waals surface area contributed by atoms with E-state index < -0.39 is 0 Å². The van der Waals surface area contributed by atoms with Crippen molar-refractivity contribution in [3.05, 3.63) is 24.2 Å². The second-order valence-electron chi connectivity index (χ2n) is 5.07. The molecule has 4 unspecified atom stereocenters. The van der Waals surface area contributed by atoms with Crippen LogP contribution in [0.15, 0.2) is 22.8 Å². The summed E-state index contributed by atoms with van der Waals surface area (Å²) < 4.78 is 5.35. The van der Waals surface area contributed by atoms with Crippen molar-refractivity contribution in [3.63, 3.8) is 0 Å². The average Bonchev–Trinajstić information content (AvgIpc) is 2.68. The van der Waals surface area contributed by atoms with Crippen LogP contribution in [0, 0.1) is 11.8 Å². The van der Waals surface area contributed by atoms with Gasteiger partial charge in [-0.15, -0.1) is 11.8 Å². The van der Waals surface area contributed by atoms with Gasteiger partial charge in [-0.25, -0.2) is 0 Å². The van der Waals surface area contributed by atoms with Crippen LogP contribution in [0.3, 0.4) is 0 Å². The fourth-order valence-corrected chi connectivity index (χ4v) is 4.07. The first-order valence-corrected chi connectivity index (χ1v) is 7.11. The van der Waals surface area contributed by atoms with E-state index in [2.05, 4.69) is 13.8 Å². The number of hydrogen-bond acceptors (Lipinski definition) is 3. The quantitative estimate of drug-likeness (QED) is 0.880. The molecular formula is C13H21NOS. The molecule has 16 heavy (non-hydrogen) atoms. The van der Waals surface area contributed by atoms with Crippen molar-refractivity contribution in [2.75, 3.05) is 0 Å². The molecule has 1 aromatic rings. The highest BCUT2D eigenvalue weighted by atomic mass is 32.2. The van der Waals surface area contributed by atoms with Gasteiger partial charge >= 0.3 is 0 Å². The minimum Gasteiger partial charge on any atom is -0.468 e. The summed E-state index contributed by atoms with van der Waals surface area (Å²) in [7, 11) is 0. The molecule has 3 heteroatoms. The lowest BCUT2D eigenvalue weighted by molar-refractivity contribution is 0.279. The van der Waals surface area contributed by atoms with Crippen LogP contribution in [0.5, 0.6) is 0 Å². The van der Waals surface area contributed by atoms with Crippen molar-refractivity contribution in [1.82, 2.24) is 0 Å². The molecule has 2 nitrogen and oxygen atoms in total. The van der Waals surface area contributed by atoms with E-state index in [0.29, 0.717) is 11.3 Å². The Bertz CT molecular complexity index is 300. The van der Waals surface area contributed by atoms with E-state index in [4.69, 9.17) is 10.2 Å². The molecule has 0 radical (unpaired) electrons. The maximum Gasteiger partial charge on any atom is 0.113 e. The molecule has 2 rings (SSSR count). The standard InChI is InChI=1S/C13H21NOS/c1-9-6-10(2)13(12(14)7-9)16-8-11-4-3-5-15-11/h3-5,9-10,12-13H,6-8,14H2,1-2H3. The lowest BCUT2D eigenvalue weighted by Crippen LogP contribution is -2.42. The number of nitrogens with two attached hydrogens (primary N) is 1. The van der Waals surface area contributed by atoms with Crippen LogP contribution < -0.4 is 5.73 Å². The smallest absolute Gasteiger partial charge is 0.113 e. The lowest BCUT2D eigenvalue weighted by Gasteiger charge is -2.37. The maximum absolute atomic E-state index is 6.25. The van der Waals surface area contributed by atoms with Crippen LogP contribution in [0.1, 0.15) is 32.4 Å². The highest BCUT2D eigenvalue weighted by Crippen LogP contribution is 2.36. The second-order valence-corrected chi connectivity index (χ2v) is 6.24. The molecule has 0 bridgehead atoms. The molecule has 1 saturated carbocycles. The Morgan fingerprint density at radius 1 is 1.44 bits per heavy atom. The third-order valence-corrected chi connectivity index (χ3v) is 5.08. The number of furan rings is 1. The van der Waals surface area contributed by atoms with Gasteiger partial charge in [-0.2, -0.15) is 0 Å². The van der Waals surface area contributed by atoms with Gasteiger partial charge < -0.3 is 10.2 Å². The first-order valence-electron chi connectivity index (χ1n) is 6.06. The fraction of sp³-hybridized carbons (Fsp3) is 0.692. The maximum atomic E-state index is 6.25. The second kappa shape index (κ2) is 5.28. The molecular weight excluding hydrogens is 218 g/mol. The monoisotopic (exact) mass is 239 g/mol. The fourth-order valence-electron chi connectivity index (χ4n) is 2.75. The first kappa shape index (κ1) is 12.1. The summed E-state index contributed by atoms with van der Waals surface area (Å²) in [6, 6.07) is 4.33. The van der Waals surface area contributed by atoms with E-state index in [0.717, 1.165) is 23.3 Å². The van der Waals surface area contributed by atoms with Crippen molar-refractivity contribution in [3.8, 4) is 0 Å². The molecule has 2 N–H and O–H groups in total. The normalized spacial score (nSPS) is 35.2. The Kier molecular flexibility index (Phi) is 3.98. The SMILES string of the molecule is CC1CC(C)C(SCc2ccco2)C(N)C1. The molecule has 1 aromatic heterocycles. The highest BCUT2D eigenvalue weighted by Gasteiger charge is 2.31. The molecule has 4 atom stereocenters. The van der Waals surface area contributed by atoms with E-state index in [-0.39, 0.29) is 0 Å². The van der Waals surface area contributed by atoms with Gasteiger partial charge in [-0.1, -0.05) is 13.8 Å². The van der Waals surface area contributed by atoms with Crippen molar-refractivity contribution in [2.24, 2.45) is 17.6 Å². The molecule has 1 fully saturated rings. The minimum atomic E-state index is 0.346. The minimum absolute atomic E-state index is 0.346. The van der Waals surface area contributed by atoms with Crippen molar-refractivity contribution < 1.29 is 4.42 Å². The van der Waals surface area contributed by atoms with Crippen molar-refractivity contribution in [1.29, 1.82) is 0 Å².